The minimum Gasteiger partial charge on any atom is -0.0654 e. The van der Waals surface area contributed by atoms with E-state index in [0.29, 0.717) is 0 Å². The average molecular weight is 563 g/mol. The van der Waals surface area contributed by atoms with Gasteiger partial charge in [-0.25, -0.2) is 0 Å². The first-order valence-electron chi connectivity index (χ1n) is 19.5. The lowest BCUT2D eigenvalue weighted by atomic mass is 9.93. The quantitative estimate of drug-likeness (QED) is 0.0698. The Morgan fingerprint density at radius 2 is 0.375 bits per heavy atom. The normalized spacial score (nSPS) is 14.8. The second-order valence-corrected chi connectivity index (χ2v) is 14.8. The Kier molecular flexibility index (Phi) is 31.9. The van der Waals surface area contributed by atoms with Crippen LogP contribution >= 0.6 is 0 Å². The molecular weight excluding hydrogens is 480 g/mol. The van der Waals surface area contributed by atoms with Gasteiger partial charge in [-0.15, -0.1) is 0 Å². The third-order valence-corrected chi connectivity index (χ3v) is 10.0. The lowest BCUT2D eigenvalue weighted by Gasteiger charge is -2.13. The molecule has 0 heterocycles. The van der Waals surface area contributed by atoms with Crippen LogP contribution in [0.2, 0.25) is 0 Å². The standard InChI is InChI=1S/C40H82/c1-7-9-11-14-22-30-38(4)33-25-17-19-27-35-40(6)36-28-20-18-26-34-39(5)32-24-16-13-15-23-31-37(3)29-21-12-10-8-2/h37-40H,7-36H2,1-6H3. The molecule has 242 valence electrons. The van der Waals surface area contributed by atoms with Gasteiger partial charge in [-0.3, -0.25) is 0 Å². The van der Waals surface area contributed by atoms with Crippen molar-refractivity contribution in [1.29, 1.82) is 0 Å². The van der Waals surface area contributed by atoms with Crippen LogP contribution in [0.4, 0.5) is 0 Å². The molecule has 4 unspecified atom stereocenters. The molecular formula is C40H82. The predicted octanol–water partition coefficient (Wildman–Crippen LogP) is 15.3. The topological polar surface area (TPSA) is 0 Å². The lowest BCUT2D eigenvalue weighted by molar-refractivity contribution is 0.404. The third-order valence-electron chi connectivity index (χ3n) is 10.0. The Hall–Kier alpha value is 0. The SMILES string of the molecule is CCCCCCCC(C)CCCCCCC(C)CCCCCCC(C)CCCCCCCC(C)CCCCCC. The Morgan fingerprint density at radius 3 is 0.575 bits per heavy atom. The first-order chi connectivity index (χ1) is 19.5. The highest BCUT2D eigenvalue weighted by atomic mass is 14.1. The van der Waals surface area contributed by atoms with E-state index >= 15 is 0 Å². The molecule has 0 aromatic carbocycles. The van der Waals surface area contributed by atoms with Gasteiger partial charge in [0.15, 0.2) is 0 Å². The Bertz CT molecular complexity index is 453. The molecule has 0 N–H and O–H groups in total. The van der Waals surface area contributed by atoms with Crippen molar-refractivity contribution in [1.82, 2.24) is 0 Å². The number of rotatable bonds is 33. The first kappa shape index (κ1) is 40.0. The second kappa shape index (κ2) is 31.9. The van der Waals surface area contributed by atoms with Gasteiger partial charge in [0.1, 0.15) is 0 Å². The van der Waals surface area contributed by atoms with E-state index in [9.17, 15) is 0 Å². The van der Waals surface area contributed by atoms with Crippen LogP contribution in [0.25, 0.3) is 0 Å². The summed E-state index contributed by atoms with van der Waals surface area (Å²) in [6, 6.07) is 0. The van der Waals surface area contributed by atoms with Gasteiger partial charge < -0.3 is 0 Å². The molecule has 0 aliphatic heterocycles. The summed E-state index contributed by atoms with van der Waals surface area (Å²) in [6.45, 7) is 14.6. The Balaban J connectivity index is 3.37. The van der Waals surface area contributed by atoms with Crippen molar-refractivity contribution in [3.63, 3.8) is 0 Å². The number of hydrogen-bond acceptors (Lipinski definition) is 0. The van der Waals surface area contributed by atoms with Crippen LogP contribution < -0.4 is 0 Å². The maximum absolute atomic E-state index is 2.51. The zero-order chi connectivity index (χ0) is 29.5. The van der Waals surface area contributed by atoms with Gasteiger partial charge in [-0.05, 0) is 23.7 Å². The van der Waals surface area contributed by atoms with Crippen LogP contribution in [-0.4, -0.2) is 0 Å². The Morgan fingerprint density at radius 1 is 0.225 bits per heavy atom. The zero-order valence-electron chi connectivity index (χ0n) is 29.5. The molecule has 0 heteroatoms. The van der Waals surface area contributed by atoms with Crippen molar-refractivity contribution in [2.45, 2.75) is 234 Å². The highest BCUT2D eigenvalue weighted by Gasteiger charge is 2.06. The summed E-state index contributed by atoms with van der Waals surface area (Å²) in [5.41, 5.74) is 0. The van der Waals surface area contributed by atoms with Crippen LogP contribution in [-0.2, 0) is 0 Å². The highest BCUT2D eigenvalue weighted by molar-refractivity contribution is 4.60. The molecule has 0 aliphatic carbocycles. The van der Waals surface area contributed by atoms with Gasteiger partial charge in [0.05, 0.1) is 0 Å². The van der Waals surface area contributed by atoms with Crippen molar-refractivity contribution >= 4 is 0 Å². The van der Waals surface area contributed by atoms with E-state index in [2.05, 4.69) is 41.5 Å². The third kappa shape index (κ3) is 30.9. The molecule has 4 atom stereocenters. The highest BCUT2D eigenvalue weighted by Crippen LogP contribution is 2.23. The summed E-state index contributed by atoms with van der Waals surface area (Å²) in [5.74, 6) is 3.83. The lowest BCUT2D eigenvalue weighted by Crippen LogP contribution is -1.97. The van der Waals surface area contributed by atoms with Gasteiger partial charge in [0.25, 0.3) is 0 Å². The van der Waals surface area contributed by atoms with E-state index in [1.165, 1.54) is 193 Å². The van der Waals surface area contributed by atoms with E-state index in [1.807, 2.05) is 0 Å². The maximum Gasteiger partial charge on any atom is -0.0443 e. The second-order valence-electron chi connectivity index (χ2n) is 14.8. The minimum atomic E-state index is 0.954. The molecule has 0 aromatic rings. The van der Waals surface area contributed by atoms with Crippen molar-refractivity contribution < 1.29 is 0 Å². The van der Waals surface area contributed by atoms with Crippen molar-refractivity contribution in [3.8, 4) is 0 Å². The monoisotopic (exact) mass is 563 g/mol. The summed E-state index contributed by atoms with van der Waals surface area (Å²) < 4.78 is 0. The number of unbranched alkanes of at least 4 members (excludes halogenated alkanes) is 17. The van der Waals surface area contributed by atoms with Crippen LogP contribution in [0.15, 0.2) is 0 Å². The van der Waals surface area contributed by atoms with Gasteiger partial charge in [-0.2, -0.15) is 0 Å². The van der Waals surface area contributed by atoms with Gasteiger partial charge >= 0.3 is 0 Å². The van der Waals surface area contributed by atoms with Gasteiger partial charge in [-0.1, -0.05) is 234 Å². The molecule has 0 radical (unpaired) electrons. The van der Waals surface area contributed by atoms with E-state index < -0.39 is 0 Å². The summed E-state index contributed by atoms with van der Waals surface area (Å²) in [7, 11) is 0. The fraction of sp³-hybridized carbons (Fsp3) is 1.00. The molecule has 0 spiro atoms. The molecule has 0 bridgehead atoms. The van der Waals surface area contributed by atoms with Gasteiger partial charge in [0, 0.05) is 0 Å². The van der Waals surface area contributed by atoms with E-state index in [-0.39, 0.29) is 0 Å². The van der Waals surface area contributed by atoms with Crippen LogP contribution in [0.1, 0.15) is 234 Å². The van der Waals surface area contributed by atoms with E-state index in [4.69, 9.17) is 0 Å². The summed E-state index contributed by atoms with van der Waals surface area (Å²) in [5, 5.41) is 0. The molecule has 0 amide bonds. The molecule has 0 rings (SSSR count). The molecule has 0 saturated carbocycles. The van der Waals surface area contributed by atoms with E-state index in [0.717, 1.165) is 23.7 Å². The van der Waals surface area contributed by atoms with Crippen molar-refractivity contribution in [2.24, 2.45) is 23.7 Å². The molecule has 0 aliphatic rings. The number of hydrogen-bond donors (Lipinski definition) is 0. The van der Waals surface area contributed by atoms with Crippen molar-refractivity contribution in [3.05, 3.63) is 0 Å². The first-order valence-corrected chi connectivity index (χ1v) is 19.5. The molecule has 0 saturated heterocycles. The molecule has 0 fully saturated rings. The molecule has 0 nitrogen and oxygen atoms in total. The van der Waals surface area contributed by atoms with Crippen LogP contribution in [0.5, 0.6) is 0 Å². The van der Waals surface area contributed by atoms with Gasteiger partial charge in [0.2, 0.25) is 0 Å². The molecule has 40 heavy (non-hydrogen) atoms. The van der Waals surface area contributed by atoms with Crippen LogP contribution in [0, 0.1) is 23.7 Å². The van der Waals surface area contributed by atoms with E-state index in [1.54, 1.807) is 0 Å². The van der Waals surface area contributed by atoms with Crippen molar-refractivity contribution in [2.75, 3.05) is 0 Å². The fourth-order valence-corrected chi connectivity index (χ4v) is 6.79. The average Bonchev–Trinajstić information content (AvgIpc) is 2.94. The smallest absolute Gasteiger partial charge is 0.0443 e. The summed E-state index contributed by atoms with van der Waals surface area (Å²) in [4.78, 5) is 0. The predicted molar refractivity (Wildman–Crippen MR) is 187 cm³/mol. The minimum absolute atomic E-state index is 0.954. The summed E-state index contributed by atoms with van der Waals surface area (Å²) >= 11 is 0. The zero-order valence-corrected chi connectivity index (χ0v) is 29.5. The summed E-state index contributed by atoms with van der Waals surface area (Å²) in [6.07, 6.45) is 43.9. The fourth-order valence-electron chi connectivity index (χ4n) is 6.79. The Labute approximate surface area is 257 Å². The molecule has 0 aromatic heterocycles. The maximum atomic E-state index is 2.51. The largest absolute Gasteiger partial charge is 0.0654 e. The van der Waals surface area contributed by atoms with Crippen LogP contribution in [0.3, 0.4) is 0 Å².